The van der Waals surface area contributed by atoms with Crippen molar-refractivity contribution in [3.8, 4) is 5.75 Å². The zero-order valence-corrected chi connectivity index (χ0v) is 14.1. The third-order valence-electron chi connectivity index (χ3n) is 2.92. The summed E-state index contributed by atoms with van der Waals surface area (Å²) < 4.78 is 10.1. The molecule has 7 heteroatoms. The molecule has 1 amide bonds. The first-order valence-corrected chi connectivity index (χ1v) is 7.83. The number of benzene rings is 2. The molecule has 0 aromatic heterocycles. The summed E-state index contributed by atoms with van der Waals surface area (Å²) in [5, 5.41) is 3.76. The number of amides is 1. The molecule has 0 spiro atoms. The first-order chi connectivity index (χ1) is 11.5. The molecule has 2 rings (SSSR count). The van der Waals surface area contributed by atoms with Crippen LogP contribution in [0.25, 0.3) is 0 Å². The molecule has 0 bridgehead atoms. The lowest BCUT2D eigenvalue weighted by Gasteiger charge is -2.08. The third kappa shape index (κ3) is 6.48. The maximum atomic E-state index is 11.6. The van der Waals surface area contributed by atoms with E-state index in [4.69, 9.17) is 32.7 Å². The highest BCUT2D eigenvalue weighted by Gasteiger charge is 2.08. The van der Waals surface area contributed by atoms with Crippen LogP contribution in [0, 0.1) is 0 Å². The lowest BCUT2D eigenvalue weighted by molar-refractivity contribution is -0.150. The summed E-state index contributed by atoms with van der Waals surface area (Å²) in [4.78, 5) is 23.2. The normalized spacial score (nSPS) is 10.1. The van der Waals surface area contributed by atoms with Gasteiger partial charge >= 0.3 is 5.97 Å². The van der Waals surface area contributed by atoms with Gasteiger partial charge in [0.15, 0.2) is 13.2 Å². The van der Waals surface area contributed by atoms with Gasteiger partial charge in [0.05, 0.1) is 0 Å². The Hall–Kier alpha value is -2.24. The summed E-state index contributed by atoms with van der Waals surface area (Å²) in [5.74, 6) is -0.593. The summed E-state index contributed by atoms with van der Waals surface area (Å²) in [6.07, 6.45) is 0. The maximum absolute atomic E-state index is 11.6. The highest BCUT2D eigenvalue weighted by atomic mass is 35.5. The number of nitrogens with one attached hydrogen (secondary N) is 1. The molecule has 2 aromatic carbocycles. The predicted octanol–water partition coefficient (Wildman–Crippen LogP) is 3.23. The van der Waals surface area contributed by atoms with E-state index in [0.29, 0.717) is 22.3 Å². The van der Waals surface area contributed by atoms with E-state index >= 15 is 0 Å². The number of carbonyl (C=O) groups excluding carboxylic acids is 2. The van der Waals surface area contributed by atoms with E-state index in [9.17, 15) is 9.59 Å². The van der Waals surface area contributed by atoms with Crippen molar-refractivity contribution in [2.45, 2.75) is 6.54 Å². The minimum Gasteiger partial charge on any atom is -0.482 e. The zero-order valence-electron chi connectivity index (χ0n) is 12.6. The van der Waals surface area contributed by atoms with Gasteiger partial charge in [-0.2, -0.15) is 0 Å². The van der Waals surface area contributed by atoms with Crippen LogP contribution in [0.4, 0.5) is 0 Å². The predicted molar refractivity (Wildman–Crippen MR) is 91.2 cm³/mol. The van der Waals surface area contributed by atoms with Crippen molar-refractivity contribution < 1.29 is 19.1 Å². The molecule has 0 heterocycles. The summed E-state index contributed by atoms with van der Waals surface area (Å²) >= 11 is 11.6. The fraction of sp³-hybridized carbons (Fsp3) is 0.176. The Morgan fingerprint density at radius 2 is 1.71 bits per heavy atom. The van der Waals surface area contributed by atoms with Gasteiger partial charge in [-0.15, -0.1) is 0 Å². The summed E-state index contributed by atoms with van der Waals surface area (Å²) in [6, 6.07) is 13.7. The second-order valence-corrected chi connectivity index (χ2v) is 5.68. The first kappa shape index (κ1) is 18.1. The molecule has 0 aliphatic carbocycles. The standard InChI is InChI=1S/C17H15Cl2NO4/c18-13-6-4-12(5-7-13)9-20-16(21)10-24-17(22)11-23-15-3-1-2-14(19)8-15/h1-8H,9-11H2,(H,20,21). The van der Waals surface area contributed by atoms with Gasteiger partial charge in [0.1, 0.15) is 5.75 Å². The van der Waals surface area contributed by atoms with E-state index in [-0.39, 0.29) is 13.2 Å². The smallest absolute Gasteiger partial charge is 0.344 e. The fourth-order valence-electron chi connectivity index (χ4n) is 1.74. The number of esters is 1. The largest absolute Gasteiger partial charge is 0.482 e. The number of ether oxygens (including phenoxy) is 2. The van der Waals surface area contributed by atoms with Crippen LogP contribution in [0.2, 0.25) is 10.0 Å². The Morgan fingerprint density at radius 3 is 2.42 bits per heavy atom. The molecule has 0 unspecified atom stereocenters. The van der Waals surface area contributed by atoms with Crippen LogP contribution in [0.3, 0.4) is 0 Å². The SMILES string of the molecule is O=C(COC(=O)COc1cccc(Cl)c1)NCc1ccc(Cl)cc1. The quantitative estimate of drug-likeness (QED) is 0.763. The lowest BCUT2D eigenvalue weighted by atomic mass is 10.2. The summed E-state index contributed by atoms with van der Waals surface area (Å²) in [6.45, 7) is -0.345. The maximum Gasteiger partial charge on any atom is 0.344 e. The summed E-state index contributed by atoms with van der Waals surface area (Å²) in [5.41, 5.74) is 0.892. The Balaban J connectivity index is 1.65. The molecular formula is C17H15Cl2NO4. The van der Waals surface area contributed by atoms with E-state index < -0.39 is 11.9 Å². The summed E-state index contributed by atoms with van der Waals surface area (Å²) in [7, 11) is 0. The molecule has 0 atom stereocenters. The monoisotopic (exact) mass is 367 g/mol. The number of hydrogen-bond donors (Lipinski definition) is 1. The van der Waals surface area contributed by atoms with Crippen LogP contribution in [0.5, 0.6) is 5.75 Å². The van der Waals surface area contributed by atoms with Crippen LogP contribution in [0.1, 0.15) is 5.56 Å². The van der Waals surface area contributed by atoms with Gasteiger partial charge in [-0.25, -0.2) is 4.79 Å². The van der Waals surface area contributed by atoms with E-state index in [1.165, 1.54) is 0 Å². The first-order valence-electron chi connectivity index (χ1n) is 7.08. The van der Waals surface area contributed by atoms with Crippen molar-refractivity contribution in [1.29, 1.82) is 0 Å². The van der Waals surface area contributed by atoms with Crippen molar-refractivity contribution in [3.05, 3.63) is 64.1 Å². The Kier molecular flexibility index (Phi) is 6.90. The van der Waals surface area contributed by atoms with E-state index in [1.54, 1.807) is 48.5 Å². The molecule has 24 heavy (non-hydrogen) atoms. The average molecular weight is 368 g/mol. The van der Waals surface area contributed by atoms with Gasteiger partial charge in [0.25, 0.3) is 5.91 Å². The van der Waals surface area contributed by atoms with Gasteiger partial charge in [0, 0.05) is 16.6 Å². The van der Waals surface area contributed by atoms with Gasteiger partial charge in [-0.05, 0) is 35.9 Å². The molecule has 0 fully saturated rings. The lowest BCUT2D eigenvalue weighted by Crippen LogP contribution is -2.29. The van der Waals surface area contributed by atoms with Gasteiger partial charge in [0.2, 0.25) is 0 Å². The number of carbonyl (C=O) groups is 2. The molecule has 0 radical (unpaired) electrons. The molecule has 2 aromatic rings. The van der Waals surface area contributed by atoms with Gasteiger partial charge < -0.3 is 14.8 Å². The number of hydrogen-bond acceptors (Lipinski definition) is 4. The minimum absolute atomic E-state index is 0.301. The molecule has 126 valence electrons. The van der Waals surface area contributed by atoms with Crippen molar-refractivity contribution in [3.63, 3.8) is 0 Å². The van der Waals surface area contributed by atoms with E-state index in [2.05, 4.69) is 5.32 Å². The highest BCUT2D eigenvalue weighted by Crippen LogP contribution is 2.16. The minimum atomic E-state index is -0.642. The van der Waals surface area contributed by atoms with Crippen molar-refractivity contribution >= 4 is 35.1 Å². The number of halogens is 2. The third-order valence-corrected chi connectivity index (χ3v) is 3.41. The average Bonchev–Trinajstić information content (AvgIpc) is 2.57. The molecule has 0 aliphatic rings. The molecule has 0 aliphatic heterocycles. The van der Waals surface area contributed by atoms with Crippen molar-refractivity contribution in [2.24, 2.45) is 0 Å². The van der Waals surface area contributed by atoms with Crippen LogP contribution in [-0.2, 0) is 20.9 Å². The van der Waals surface area contributed by atoms with Crippen molar-refractivity contribution in [2.75, 3.05) is 13.2 Å². The van der Waals surface area contributed by atoms with Crippen molar-refractivity contribution in [1.82, 2.24) is 5.32 Å². The van der Waals surface area contributed by atoms with Crippen LogP contribution in [0.15, 0.2) is 48.5 Å². The fourth-order valence-corrected chi connectivity index (χ4v) is 2.05. The zero-order chi connectivity index (χ0) is 17.4. The second kappa shape index (κ2) is 9.15. The number of rotatable bonds is 7. The van der Waals surface area contributed by atoms with E-state index in [0.717, 1.165) is 5.56 Å². The Bertz CT molecular complexity index is 704. The Labute approximate surface area is 149 Å². The topological polar surface area (TPSA) is 64.6 Å². The van der Waals surface area contributed by atoms with Crippen LogP contribution in [-0.4, -0.2) is 25.1 Å². The van der Waals surface area contributed by atoms with Crippen LogP contribution < -0.4 is 10.1 Å². The van der Waals surface area contributed by atoms with Crippen LogP contribution >= 0.6 is 23.2 Å². The van der Waals surface area contributed by atoms with Gasteiger partial charge in [-0.1, -0.05) is 41.4 Å². The molecule has 5 nitrogen and oxygen atoms in total. The van der Waals surface area contributed by atoms with E-state index in [1.807, 2.05) is 0 Å². The Morgan fingerprint density at radius 1 is 0.958 bits per heavy atom. The molecular weight excluding hydrogens is 353 g/mol. The second-order valence-electron chi connectivity index (χ2n) is 4.81. The van der Waals surface area contributed by atoms with Gasteiger partial charge in [-0.3, -0.25) is 4.79 Å². The molecule has 1 N–H and O–H groups in total. The highest BCUT2D eigenvalue weighted by molar-refractivity contribution is 6.30. The molecule has 0 saturated carbocycles. The molecule has 0 saturated heterocycles.